The molecule has 8 nitrogen and oxygen atoms in total. The topological polar surface area (TPSA) is 80.4 Å². The van der Waals surface area contributed by atoms with E-state index in [0.29, 0.717) is 6.54 Å². The van der Waals surface area contributed by atoms with Crippen LogP contribution in [-0.2, 0) is 6.54 Å². The predicted octanol–water partition coefficient (Wildman–Crippen LogP) is 2.22. The van der Waals surface area contributed by atoms with Crippen molar-refractivity contribution in [3.8, 4) is 0 Å². The molecule has 0 spiro atoms. The van der Waals surface area contributed by atoms with E-state index in [4.69, 9.17) is 0 Å². The van der Waals surface area contributed by atoms with Gasteiger partial charge in [-0.05, 0) is 51.4 Å². The lowest BCUT2D eigenvalue weighted by atomic mass is 10.0. The van der Waals surface area contributed by atoms with Crippen LogP contribution >= 0.6 is 0 Å². The van der Waals surface area contributed by atoms with Gasteiger partial charge in [-0.25, -0.2) is 9.78 Å². The van der Waals surface area contributed by atoms with Gasteiger partial charge in [0.2, 0.25) is 0 Å². The fourth-order valence-electron chi connectivity index (χ4n) is 4.42. The van der Waals surface area contributed by atoms with E-state index in [1.165, 1.54) is 5.56 Å². The number of piperazine rings is 1. The molecule has 0 aliphatic carbocycles. The maximum Gasteiger partial charge on any atom is 0.318 e. The van der Waals surface area contributed by atoms with Crippen LogP contribution in [0.1, 0.15) is 41.4 Å². The predicted molar refractivity (Wildman–Crippen MR) is 113 cm³/mol. The molecule has 2 saturated heterocycles. The number of nitrogens with zero attached hydrogens (tertiary/aromatic N) is 5. The number of carbonyl (C=O) groups excluding carboxylic acids is 1. The van der Waals surface area contributed by atoms with Crippen molar-refractivity contribution < 1.29 is 4.79 Å². The number of aryl methyl sites for hydroxylation is 2. The first kappa shape index (κ1) is 19.7. The van der Waals surface area contributed by atoms with Gasteiger partial charge >= 0.3 is 6.03 Å². The van der Waals surface area contributed by atoms with Crippen molar-refractivity contribution in [2.45, 2.75) is 39.3 Å². The third-order valence-corrected chi connectivity index (χ3v) is 6.11. The number of likely N-dealkylation sites (tertiary alicyclic amines) is 1. The molecule has 4 rings (SSSR count). The zero-order valence-corrected chi connectivity index (χ0v) is 17.6. The van der Waals surface area contributed by atoms with Crippen LogP contribution in [0.2, 0.25) is 0 Å². The first-order valence-corrected chi connectivity index (χ1v) is 10.5. The van der Waals surface area contributed by atoms with E-state index in [9.17, 15) is 4.79 Å². The molecule has 2 aromatic rings. The van der Waals surface area contributed by atoms with E-state index in [1.807, 2.05) is 31.0 Å². The van der Waals surface area contributed by atoms with Crippen LogP contribution in [0.25, 0.3) is 0 Å². The van der Waals surface area contributed by atoms with Crippen LogP contribution in [0.4, 0.5) is 10.6 Å². The summed E-state index contributed by atoms with van der Waals surface area (Å²) in [4.78, 5) is 24.0. The first-order chi connectivity index (χ1) is 14.0. The quantitative estimate of drug-likeness (QED) is 0.827. The number of anilines is 1. The van der Waals surface area contributed by atoms with Gasteiger partial charge < -0.3 is 20.0 Å². The molecule has 0 aromatic carbocycles. The van der Waals surface area contributed by atoms with Crippen LogP contribution in [0.3, 0.4) is 0 Å². The number of likely N-dealkylation sites (N-methyl/N-ethyl adjacent to an activating group) is 1. The van der Waals surface area contributed by atoms with Gasteiger partial charge in [0.25, 0.3) is 0 Å². The summed E-state index contributed by atoms with van der Waals surface area (Å²) in [5.41, 5.74) is 4.28. The van der Waals surface area contributed by atoms with E-state index in [-0.39, 0.29) is 12.1 Å². The average molecular weight is 398 g/mol. The largest absolute Gasteiger partial charge is 0.354 e. The summed E-state index contributed by atoms with van der Waals surface area (Å²) in [6, 6.07) is 4.17. The van der Waals surface area contributed by atoms with Crippen LogP contribution in [0.15, 0.2) is 18.3 Å². The lowest BCUT2D eigenvalue weighted by Crippen LogP contribution is -2.44. The fraction of sp³-hybridized carbons (Fsp3) is 0.571. The number of aromatic amines is 1. The minimum atomic E-state index is -0.00883. The molecule has 156 valence electrons. The molecule has 1 atom stereocenters. The van der Waals surface area contributed by atoms with Crippen molar-refractivity contribution in [1.29, 1.82) is 0 Å². The number of aromatic nitrogens is 3. The van der Waals surface area contributed by atoms with Crippen LogP contribution < -0.4 is 10.2 Å². The van der Waals surface area contributed by atoms with Crippen molar-refractivity contribution in [3.05, 3.63) is 40.8 Å². The van der Waals surface area contributed by atoms with Crippen molar-refractivity contribution in [2.75, 3.05) is 44.7 Å². The summed E-state index contributed by atoms with van der Waals surface area (Å²) < 4.78 is 0. The third kappa shape index (κ3) is 4.22. The second-order valence-corrected chi connectivity index (χ2v) is 8.17. The van der Waals surface area contributed by atoms with Crippen molar-refractivity contribution in [3.63, 3.8) is 0 Å². The average Bonchev–Trinajstić information content (AvgIpc) is 3.33. The Hall–Kier alpha value is -2.61. The molecule has 2 fully saturated rings. The standard InChI is InChI=1S/C21H31N7O/c1-15-20(16(2)25-24-15)18-5-4-8-28(18)21(29)23-14-17-6-7-22-19(13-17)27-11-9-26(3)10-12-27/h6-7,13,18H,4-5,8-12,14H2,1-3H3,(H,23,29)(H,24,25)/t18-/m1/s1. The van der Waals surface area contributed by atoms with Crippen molar-refractivity contribution in [2.24, 2.45) is 0 Å². The number of H-pyrrole nitrogens is 1. The summed E-state index contributed by atoms with van der Waals surface area (Å²) in [5, 5.41) is 10.5. The van der Waals surface area contributed by atoms with Gasteiger partial charge in [0.1, 0.15) is 5.82 Å². The molecule has 2 aromatic heterocycles. The Morgan fingerprint density at radius 1 is 1.24 bits per heavy atom. The van der Waals surface area contributed by atoms with E-state index in [0.717, 1.165) is 68.3 Å². The Morgan fingerprint density at radius 2 is 2.03 bits per heavy atom. The van der Waals surface area contributed by atoms with Gasteiger partial charge in [0.15, 0.2) is 0 Å². The Bertz CT molecular complexity index is 837. The molecule has 0 unspecified atom stereocenters. The van der Waals surface area contributed by atoms with Crippen molar-refractivity contribution >= 4 is 11.8 Å². The molecule has 2 aliphatic rings. The molecular formula is C21H31N7O. The van der Waals surface area contributed by atoms with E-state index < -0.39 is 0 Å². The highest BCUT2D eigenvalue weighted by molar-refractivity contribution is 5.75. The molecule has 0 bridgehead atoms. The molecule has 2 aliphatic heterocycles. The van der Waals surface area contributed by atoms with Gasteiger partial charge in [-0.2, -0.15) is 5.10 Å². The minimum absolute atomic E-state index is 0.00883. The number of pyridine rings is 1. The highest BCUT2D eigenvalue weighted by Gasteiger charge is 2.32. The minimum Gasteiger partial charge on any atom is -0.354 e. The number of rotatable bonds is 4. The van der Waals surface area contributed by atoms with Gasteiger partial charge in [0.05, 0.1) is 11.7 Å². The lowest BCUT2D eigenvalue weighted by Gasteiger charge is -2.33. The Kier molecular flexibility index (Phi) is 5.71. The zero-order chi connectivity index (χ0) is 20.4. The first-order valence-electron chi connectivity index (χ1n) is 10.5. The maximum absolute atomic E-state index is 12.9. The van der Waals surface area contributed by atoms with E-state index in [2.05, 4.69) is 43.4 Å². The number of carbonyl (C=O) groups is 1. The summed E-state index contributed by atoms with van der Waals surface area (Å²) in [5.74, 6) is 0.994. The molecule has 29 heavy (non-hydrogen) atoms. The summed E-state index contributed by atoms with van der Waals surface area (Å²) >= 11 is 0. The molecule has 0 radical (unpaired) electrons. The normalized spacial score (nSPS) is 20.3. The number of nitrogens with one attached hydrogen (secondary N) is 2. The highest BCUT2D eigenvalue weighted by atomic mass is 16.2. The highest BCUT2D eigenvalue weighted by Crippen LogP contribution is 2.34. The van der Waals surface area contributed by atoms with Crippen molar-refractivity contribution in [1.82, 2.24) is 30.3 Å². The number of urea groups is 1. The van der Waals surface area contributed by atoms with Gasteiger partial charge in [-0.3, -0.25) is 5.10 Å². The van der Waals surface area contributed by atoms with Crippen LogP contribution in [0, 0.1) is 13.8 Å². The molecule has 2 amide bonds. The summed E-state index contributed by atoms with van der Waals surface area (Å²) in [7, 11) is 2.15. The monoisotopic (exact) mass is 397 g/mol. The Morgan fingerprint density at radius 3 is 2.76 bits per heavy atom. The molecule has 4 heterocycles. The van der Waals surface area contributed by atoms with Crippen LogP contribution in [-0.4, -0.2) is 70.8 Å². The second-order valence-electron chi connectivity index (χ2n) is 8.17. The molecular weight excluding hydrogens is 366 g/mol. The maximum atomic E-state index is 12.9. The van der Waals surface area contributed by atoms with E-state index in [1.54, 1.807) is 0 Å². The smallest absolute Gasteiger partial charge is 0.318 e. The van der Waals surface area contributed by atoms with E-state index >= 15 is 0 Å². The van der Waals surface area contributed by atoms with Gasteiger partial charge in [-0.1, -0.05) is 0 Å². The summed E-state index contributed by atoms with van der Waals surface area (Å²) in [6.07, 6.45) is 3.84. The molecule has 8 heteroatoms. The molecule has 2 N–H and O–H groups in total. The molecule has 0 saturated carbocycles. The lowest BCUT2D eigenvalue weighted by molar-refractivity contribution is 0.192. The zero-order valence-electron chi connectivity index (χ0n) is 17.6. The number of hydrogen-bond acceptors (Lipinski definition) is 5. The van der Waals surface area contributed by atoms with Crippen LogP contribution in [0.5, 0.6) is 0 Å². The summed E-state index contributed by atoms with van der Waals surface area (Å²) in [6.45, 7) is 9.39. The van der Waals surface area contributed by atoms with Gasteiger partial charge in [0, 0.05) is 56.7 Å². The SMILES string of the molecule is Cc1n[nH]c(C)c1[C@H]1CCCN1C(=O)NCc1ccnc(N2CCN(C)CC2)c1. The number of hydrogen-bond donors (Lipinski definition) is 2. The third-order valence-electron chi connectivity index (χ3n) is 6.11. The Balaban J connectivity index is 1.39. The Labute approximate surface area is 172 Å². The fourth-order valence-corrected chi connectivity index (χ4v) is 4.42. The second kappa shape index (κ2) is 8.41. The number of amides is 2. The van der Waals surface area contributed by atoms with Gasteiger partial charge in [-0.15, -0.1) is 0 Å².